The van der Waals surface area contributed by atoms with Crippen molar-refractivity contribution in [3.05, 3.63) is 119 Å². The van der Waals surface area contributed by atoms with Gasteiger partial charge in [-0.15, -0.1) is 0 Å². The van der Waals surface area contributed by atoms with Crippen molar-refractivity contribution in [3.8, 4) is 22.3 Å². The lowest BCUT2D eigenvalue weighted by Crippen LogP contribution is -2.77. The quantitative estimate of drug-likeness (QED) is 0.125. The van der Waals surface area contributed by atoms with E-state index in [2.05, 4.69) is 10.6 Å². The molecule has 3 aliphatic rings. The number of carbonyl (C=O) groups excluding carboxylic acids is 2. The Hall–Kier alpha value is -5.64. The largest absolute Gasteiger partial charge is 0.481 e. The third-order valence-corrected chi connectivity index (χ3v) is 10.8. The molecule has 1 fully saturated rings. The molecule has 0 bridgehead atoms. The van der Waals surface area contributed by atoms with Gasteiger partial charge in [0.15, 0.2) is 0 Å². The van der Waals surface area contributed by atoms with Crippen molar-refractivity contribution in [1.29, 1.82) is 0 Å². The number of ether oxygens (including phenoxy) is 2. The van der Waals surface area contributed by atoms with Crippen molar-refractivity contribution >= 4 is 24.1 Å². The van der Waals surface area contributed by atoms with Crippen LogP contribution in [0, 0.1) is 0 Å². The summed E-state index contributed by atoms with van der Waals surface area (Å²) < 4.78 is 11.7. The normalized spacial score (nSPS) is 20.0. The molecule has 0 aromatic heterocycles. The molecule has 1 saturated carbocycles. The monoisotopic (exact) mass is 674 g/mol. The zero-order chi connectivity index (χ0) is 34.9. The fraction of sp³-hybridized carbons (Fsp3) is 0.300. The number of rotatable bonds is 12. The van der Waals surface area contributed by atoms with E-state index < -0.39 is 35.2 Å². The zero-order valence-corrected chi connectivity index (χ0v) is 27.4. The number of amides is 2. The first-order chi connectivity index (χ1) is 24.2. The van der Waals surface area contributed by atoms with Gasteiger partial charge in [-0.05, 0) is 70.2 Å². The van der Waals surface area contributed by atoms with Crippen molar-refractivity contribution in [3.63, 3.8) is 0 Å². The molecule has 3 aliphatic carbocycles. The first kappa shape index (κ1) is 32.9. The van der Waals surface area contributed by atoms with E-state index in [-0.39, 0.29) is 50.7 Å². The summed E-state index contributed by atoms with van der Waals surface area (Å²) in [5, 5.41) is 25.1. The maximum absolute atomic E-state index is 13.6. The Labute approximate surface area is 289 Å². The van der Waals surface area contributed by atoms with Crippen LogP contribution in [-0.2, 0) is 19.1 Å². The molecule has 4 aromatic rings. The summed E-state index contributed by atoms with van der Waals surface area (Å²) in [6.45, 7) is 0.0770. The Balaban J connectivity index is 1.09. The molecule has 0 radical (unpaired) electrons. The SMILES string of the molecule is O=C(O)CC[C@@]1(NC(=O)OCC2c3ccccc3-c3ccccc32)CC[C@]1(CCC(=O)O)NC(=O)OCC1c2ccccc2-c2ccccc21. The lowest BCUT2D eigenvalue weighted by Gasteiger charge is -2.59. The summed E-state index contributed by atoms with van der Waals surface area (Å²) in [6.07, 6.45) is -1.64. The third-order valence-electron chi connectivity index (χ3n) is 10.8. The number of carboxylic acid groups (broad SMARTS) is 2. The lowest BCUT2D eigenvalue weighted by atomic mass is 9.56. The Morgan fingerprint density at radius 3 is 1.12 bits per heavy atom. The minimum Gasteiger partial charge on any atom is -0.481 e. The predicted octanol–water partition coefficient (Wildman–Crippen LogP) is 7.06. The molecule has 4 N–H and O–H groups in total. The molecule has 2 atom stereocenters. The van der Waals surface area contributed by atoms with Crippen LogP contribution in [0.4, 0.5) is 9.59 Å². The number of alkyl carbamates (subject to hydrolysis) is 2. The van der Waals surface area contributed by atoms with Crippen LogP contribution in [0.1, 0.15) is 72.6 Å². The van der Waals surface area contributed by atoms with Gasteiger partial charge < -0.3 is 30.3 Å². The Bertz CT molecular complexity index is 1740. The minimum atomic E-state index is -1.28. The van der Waals surface area contributed by atoms with Gasteiger partial charge in [0.1, 0.15) is 13.2 Å². The van der Waals surface area contributed by atoms with Crippen molar-refractivity contribution in [2.24, 2.45) is 0 Å². The van der Waals surface area contributed by atoms with E-state index in [1.54, 1.807) is 0 Å². The predicted molar refractivity (Wildman–Crippen MR) is 185 cm³/mol. The van der Waals surface area contributed by atoms with E-state index in [9.17, 15) is 29.4 Å². The molecule has 2 amide bonds. The highest BCUT2D eigenvalue weighted by Crippen LogP contribution is 2.50. The molecule has 50 heavy (non-hydrogen) atoms. The Morgan fingerprint density at radius 2 is 0.840 bits per heavy atom. The number of fused-ring (bicyclic) bond motifs is 6. The van der Waals surface area contributed by atoms with Crippen LogP contribution >= 0.6 is 0 Å². The zero-order valence-electron chi connectivity index (χ0n) is 27.4. The van der Waals surface area contributed by atoms with Gasteiger partial charge in [-0.25, -0.2) is 9.59 Å². The van der Waals surface area contributed by atoms with E-state index in [0.717, 1.165) is 44.5 Å². The smallest absolute Gasteiger partial charge is 0.407 e. The average molecular weight is 675 g/mol. The van der Waals surface area contributed by atoms with Gasteiger partial charge in [-0.1, -0.05) is 97.1 Å². The maximum atomic E-state index is 13.6. The topological polar surface area (TPSA) is 151 Å². The molecule has 7 rings (SSSR count). The Kier molecular flexibility index (Phi) is 8.78. The van der Waals surface area contributed by atoms with Gasteiger partial charge in [-0.3, -0.25) is 9.59 Å². The average Bonchev–Trinajstić information content (AvgIpc) is 3.61. The molecule has 0 spiro atoms. The third kappa shape index (κ3) is 5.95. The molecule has 256 valence electrons. The summed E-state index contributed by atoms with van der Waals surface area (Å²) in [4.78, 5) is 50.8. The molecular formula is C40H38N2O8. The van der Waals surface area contributed by atoms with Gasteiger partial charge >= 0.3 is 24.1 Å². The second-order valence-electron chi connectivity index (χ2n) is 13.4. The van der Waals surface area contributed by atoms with Gasteiger partial charge in [0.2, 0.25) is 0 Å². The van der Waals surface area contributed by atoms with Gasteiger partial charge in [0.05, 0.1) is 11.1 Å². The molecule has 0 saturated heterocycles. The van der Waals surface area contributed by atoms with Crippen LogP contribution in [0.3, 0.4) is 0 Å². The molecular weight excluding hydrogens is 636 g/mol. The van der Waals surface area contributed by atoms with Gasteiger partial charge in [0, 0.05) is 24.7 Å². The second kappa shape index (κ2) is 13.3. The number of benzene rings is 4. The molecule has 10 heteroatoms. The van der Waals surface area contributed by atoms with E-state index in [4.69, 9.17) is 9.47 Å². The number of hydrogen-bond donors (Lipinski definition) is 4. The fourth-order valence-corrected chi connectivity index (χ4v) is 8.25. The number of aliphatic carboxylic acids is 2. The molecule has 10 nitrogen and oxygen atoms in total. The highest BCUT2D eigenvalue weighted by molar-refractivity contribution is 5.80. The number of carbonyl (C=O) groups is 4. The molecule has 0 unspecified atom stereocenters. The minimum absolute atomic E-state index is 0.0385. The van der Waals surface area contributed by atoms with Gasteiger partial charge in [-0.2, -0.15) is 0 Å². The van der Waals surface area contributed by atoms with Gasteiger partial charge in [0.25, 0.3) is 0 Å². The molecule has 4 aromatic carbocycles. The lowest BCUT2D eigenvalue weighted by molar-refractivity contribution is -0.140. The van der Waals surface area contributed by atoms with E-state index in [0.29, 0.717) is 12.8 Å². The maximum Gasteiger partial charge on any atom is 0.407 e. The summed E-state index contributed by atoms with van der Waals surface area (Å²) in [6, 6.07) is 31.8. The summed E-state index contributed by atoms with van der Waals surface area (Å²) in [7, 11) is 0. The summed E-state index contributed by atoms with van der Waals surface area (Å²) in [5.74, 6) is -2.56. The van der Waals surface area contributed by atoms with Crippen LogP contribution in [-0.4, -0.2) is 58.6 Å². The van der Waals surface area contributed by atoms with E-state index in [1.807, 2.05) is 97.1 Å². The molecule has 0 aliphatic heterocycles. The number of nitrogens with one attached hydrogen (secondary N) is 2. The van der Waals surface area contributed by atoms with Crippen molar-refractivity contribution < 1.29 is 38.9 Å². The number of carboxylic acids is 2. The van der Waals surface area contributed by atoms with Crippen molar-refractivity contribution in [1.82, 2.24) is 10.6 Å². The second-order valence-corrected chi connectivity index (χ2v) is 13.4. The van der Waals surface area contributed by atoms with Crippen LogP contribution in [0.5, 0.6) is 0 Å². The van der Waals surface area contributed by atoms with E-state index in [1.165, 1.54) is 0 Å². The fourth-order valence-electron chi connectivity index (χ4n) is 8.25. The highest BCUT2D eigenvalue weighted by Gasteiger charge is 2.61. The first-order valence-electron chi connectivity index (χ1n) is 16.9. The van der Waals surface area contributed by atoms with Crippen LogP contribution in [0.2, 0.25) is 0 Å². The summed E-state index contributed by atoms with van der Waals surface area (Å²) in [5.41, 5.74) is 5.91. The highest BCUT2D eigenvalue weighted by atomic mass is 16.6. The van der Waals surface area contributed by atoms with Crippen LogP contribution < -0.4 is 10.6 Å². The first-order valence-corrected chi connectivity index (χ1v) is 16.9. The van der Waals surface area contributed by atoms with Crippen LogP contribution in [0.15, 0.2) is 97.1 Å². The number of hydrogen-bond acceptors (Lipinski definition) is 6. The standard InChI is InChI=1S/C40H38N2O8/c43-35(44)17-19-39(41-37(47)49-23-33-29-13-5-1-9-25(29)26-10-2-6-14-30(26)33)21-22-40(39,20-18-36(45)46)42-38(48)50-24-34-31-15-7-3-11-27(31)28-12-4-8-16-32(28)34/h1-16,33-34H,17-24H2,(H,41,47)(H,42,48)(H,43,44)(H,45,46)/t39-,40+. The summed E-state index contributed by atoms with van der Waals surface area (Å²) >= 11 is 0. The van der Waals surface area contributed by atoms with Crippen molar-refractivity contribution in [2.75, 3.05) is 13.2 Å². The van der Waals surface area contributed by atoms with E-state index >= 15 is 0 Å². The van der Waals surface area contributed by atoms with Crippen LogP contribution in [0.25, 0.3) is 22.3 Å². The Morgan fingerprint density at radius 1 is 0.540 bits per heavy atom. The van der Waals surface area contributed by atoms with Crippen molar-refractivity contribution in [2.45, 2.75) is 61.4 Å². The molecule has 0 heterocycles.